The molecule has 96 valence electrons. The second kappa shape index (κ2) is 5.08. The van der Waals surface area contributed by atoms with Gasteiger partial charge in [-0.1, -0.05) is 6.92 Å². The molecule has 0 bridgehead atoms. The van der Waals surface area contributed by atoms with Gasteiger partial charge in [0.05, 0.1) is 18.3 Å². The quantitative estimate of drug-likeness (QED) is 0.779. The normalized spacial score (nSPS) is 10.8. The second-order valence-corrected chi connectivity index (χ2v) is 3.93. The topological polar surface area (TPSA) is 61.4 Å². The molecule has 0 spiro atoms. The van der Waals surface area contributed by atoms with Gasteiger partial charge in [-0.15, -0.1) is 0 Å². The van der Waals surface area contributed by atoms with Gasteiger partial charge in [-0.2, -0.15) is 0 Å². The van der Waals surface area contributed by atoms with Gasteiger partial charge in [0.2, 0.25) is 11.1 Å². The largest absolute Gasteiger partial charge is 0.462 e. The molecule has 0 saturated carbocycles. The van der Waals surface area contributed by atoms with E-state index >= 15 is 0 Å². The van der Waals surface area contributed by atoms with E-state index in [9.17, 15) is 9.59 Å². The first-order valence-corrected chi connectivity index (χ1v) is 5.96. The minimum Gasteiger partial charge on any atom is -0.462 e. The van der Waals surface area contributed by atoms with Gasteiger partial charge in [-0.05, 0) is 19.4 Å². The first-order chi connectivity index (χ1) is 8.69. The van der Waals surface area contributed by atoms with Crippen molar-refractivity contribution >= 4 is 17.1 Å². The van der Waals surface area contributed by atoms with E-state index in [4.69, 9.17) is 9.15 Å². The number of hydrogen-bond donors (Lipinski definition) is 0. The number of rotatable bonds is 4. The maximum absolute atomic E-state index is 12.1. The molecule has 0 radical (unpaired) electrons. The number of esters is 1. The van der Waals surface area contributed by atoms with Crippen LogP contribution in [0.5, 0.6) is 0 Å². The van der Waals surface area contributed by atoms with Gasteiger partial charge >= 0.3 is 5.97 Å². The van der Waals surface area contributed by atoms with Crippen LogP contribution in [-0.2, 0) is 11.3 Å². The highest BCUT2D eigenvalue weighted by molar-refractivity contribution is 5.92. The smallest absolute Gasteiger partial charge is 0.343 e. The minimum atomic E-state index is -0.588. The number of carbonyl (C=O) groups excluding carboxylic acids is 1. The van der Waals surface area contributed by atoms with Crippen LogP contribution in [-0.4, -0.2) is 17.1 Å². The summed E-state index contributed by atoms with van der Waals surface area (Å²) in [5, 5.41) is 0.411. The summed E-state index contributed by atoms with van der Waals surface area (Å²) in [6.07, 6.45) is 3.84. The highest BCUT2D eigenvalue weighted by Crippen LogP contribution is 2.14. The first kappa shape index (κ1) is 12.4. The molecule has 5 heteroatoms. The van der Waals surface area contributed by atoms with Crippen LogP contribution in [0.25, 0.3) is 11.1 Å². The summed E-state index contributed by atoms with van der Waals surface area (Å²) in [5.74, 6) is -0.588. The van der Waals surface area contributed by atoms with E-state index < -0.39 is 5.97 Å². The van der Waals surface area contributed by atoms with Crippen molar-refractivity contribution in [1.82, 2.24) is 4.57 Å². The van der Waals surface area contributed by atoms with E-state index in [2.05, 4.69) is 0 Å². The molecule has 0 atom stereocenters. The number of hydrogen-bond acceptors (Lipinski definition) is 4. The van der Waals surface area contributed by atoms with Crippen LogP contribution in [0.1, 0.15) is 30.6 Å². The van der Waals surface area contributed by atoms with Crippen LogP contribution in [0, 0.1) is 0 Å². The molecule has 0 N–H and O–H groups in total. The lowest BCUT2D eigenvalue weighted by Gasteiger charge is -2.08. The molecule has 0 amide bonds. The predicted octanol–water partition coefficient (Wildman–Crippen LogP) is 2.18. The number of aromatic nitrogens is 1. The Kier molecular flexibility index (Phi) is 3.50. The second-order valence-electron chi connectivity index (χ2n) is 3.93. The minimum absolute atomic E-state index is 0.0548. The van der Waals surface area contributed by atoms with Crippen LogP contribution < -0.4 is 5.43 Å². The van der Waals surface area contributed by atoms with Gasteiger partial charge in [-0.25, -0.2) is 4.79 Å². The van der Waals surface area contributed by atoms with E-state index in [1.807, 2.05) is 6.92 Å². The predicted molar refractivity (Wildman–Crippen MR) is 66.7 cm³/mol. The summed E-state index contributed by atoms with van der Waals surface area (Å²) >= 11 is 0. The Morgan fingerprint density at radius 1 is 1.44 bits per heavy atom. The lowest BCUT2D eigenvalue weighted by Crippen LogP contribution is -2.20. The number of fused-ring (bicyclic) bond motifs is 1. The molecular formula is C13H15NO4. The number of aryl methyl sites for hydroxylation is 1. The van der Waals surface area contributed by atoms with Crippen molar-refractivity contribution in [3.05, 3.63) is 34.3 Å². The molecule has 2 aromatic rings. The highest BCUT2D eigenvalue weighted by Gasteiger charge is 2.17. The molecule has 0 saturated heterocycles. The van der Waals surface area contributed by atoms with Crippen molar-refractivity contribution in [3.63, 3.8) is 0 Å². The summed E-state index contributed by atoms with van der Waals surface area (Å²) in [6.45, 7) is 4.64. The lowest BCUT2D eigenvalue weighted by molar-refractivity contribution is 0.0524. The molecule has 5 nitrogen and oxygen atoms in total. The molecule has 2 aromatic heterocycles. The molecule has 18 heavy (non-hydrogen) atoms. The van der Waals surface area contributed by atoms with Gasteiger partial charge in [0.1, 0.15) is 5.56 Å². The Balaban J connectivity index is 2.63. The molecule has 2 rings (SSSR count). The van der Waals surface area contributed by atoms with Crippen LogP contribution in [0.2, 0.25) is 0 Å². The lowest BCUT2D eigenvalue weighted by atomic mass is 10.2. The fourth-order valence-corrected chi connectivity index (χ4v) is 1.88. The number of pyridine rings is 1. The van der Waals surface area contributed by atoms with Crippen molar-refractivity contribution in [2.24, 2.45) is 0 Å². The third-order valence-corrected chi connectivity index (χ3v) is 2.64. The molecule has 0 fully saturated rings. The molecule has 0 aliphatic heterocycles. The number of ether oxygens (including phenoxy) is 1. The SMILES string of the molecule is CCCn1cc(C(=O)OCC)c(=O)c2ccoc21. The maximum Gasteiger partial charge on any atom is 0.343 e. The van der Waals surface area contributed by atoms with Gasteiger partial charge in [0.25, 0.3) is 0 Å². The van der Waals surface area contributed by atoms with Crippen LogP contribution >= 0.6 is 0 Å². The zero-order valence-electron chi connectivity index (χ0n) is 10.4. The Morgan fingerprint density at radius 3 is 2.89 bits per heavy atom. The van der Waals surface area contributed by atoms with Crippen molar-refractivity contribution in [2.45, 2.75) is 26.8 Å². The van der Waals surface area contributed by atoms with Crippen LogP contribution in [0.15, 0.2) is 27.7 Å². The van der Waals surface area contributed by atoms with E-state index in [1.165, 1.54) is 12.5 Å². The van der Waals surface area contributed by atoms with Gasteiger partial charge in [0.15, 0.2) is 0 Å². The summed E-state index contributed by atoms with van der Waals surface area (Å²) in [7, 11) is 0. The Bertz CT molecular complexity index is 623. The van der Waals surface area contributed by atoms with Crippen molar-refractivity contribution < 1.29 is 13.9 Å². The average molecular weight is 249 g/mol. The summed E-state index contributed by atoms with van der Waals surface area (Å²) in [4.78, 5) is 23.8. The van der Waals surface area contributed by atoms with Crippen LogP contribution in [0.4, 0.5) is 0 Å². The molecular weight excluding hydrogens is 234 g/mol. The van der Waals surface area contributed by atoms with Crippen molar-refractivity contribution in [2.75, 3.05) is 6.61 Å². The highest BCUT2D eigenvalue weighted by atomic mass is 16.5. The summed E-state index contributed by atoms with van der Waals surface area (Å²) in [5.41, 5.74) is 0.207. The van der Waals surface area contributed by atoms with E-state index in [-0.39, 0.29) is 17.6 Å². The summed E-state index contributed by atoms with van der Waals surface area (Å²) in [6, 6.07) is 1.58. The standard InChI is InChI=1S/C13H15NO4/c1-3-6-14-8-10(13(16)17-4-2)11(15)9-5-7-18-12(9)14/h5,7-8H,3-4,6H2,1-2H3. The van der Waals surface area contributed by atoms with Gasteiger partial charge < -0.3 is 13.7 Å². The first-order valence-electron chi connectivity index (χ1n) is 5.96. The van der Waals surface area contributed by atoms with Crippen molar-refractivity contribution in [3.8, 4) is 0 Å². The van der Waals surface area contributed by atoms with Gasteiger partial charge in [0, 0.05) is 12.7 Å². The molecule has 2 heterocycles. The molecule has 0 aliphatic rings. The van der Waals surface area contributed by atoms with E-state index in [1.54, 1.807) is 17.6 Å². The maximum atomic E-state index is 12.1. The van der Waals surface area contributed by atoms with Crippen molar-refractivity contribution in [1.29, 1.82) is 0 Å². The zero-order chi connectivity index (χ0) is 13.1. The molecule has 0 aliphatic carbocycles. The van der Waals surface area contributed by atoms with E-state index in [0.29, 0.717) is 17.6 Å². The third kappa shape index (κ3) is 2.03. The number of furan rings is 1. The summed E-state index contributed by atoms with van der Waals surface area (Å²) < 4.78 is 11.9. The van der Waals surface area contributed by atoms with Gasteiger partial charge in [-0.3, -0.25) is 4.79 Å². The van der Waals surface area contributed by atoms with E-state index in [0.717, 1.165) is 6.42 Å². The Hall–Kier alpha value is -2.04. The fraction of sp³-hybridized carbons (Fsp3) is 0.385. The van der Waals surface area contributed by atoms with Crippen LogP contribution in [0.3, 0.4) is 0 Å². The molecule has 0 unspecified atom stereocenters. The number of carbonyl (C=O) groups is 1. The Morgan fingerprint density at radius 2 is 2.22 bits per heavy atom. The fourth-order valence-electron chi connectivity index (χ4n) is 1.88. The number of nitrogens with zero attached hydrogens (tertiary/aromatic N) is 1. The average Bonchev–Trinajstić information content (AvgIpc) is 2.83. The third-order valence-electron chi connectivity index (χ3n) is 2.64. The monoisotopic (exact) mass is 249 g/mol. The Labute approximate surface area is 104 Å². The zero-order valence-corrected chi connectivity index (χ0v) is 10.4. The molecule has 0 aromatic carbocycles.